The van der Waals surface area contributed by atoms with E-state index in [1.165, 1.54) is 0 Å². The van der Waals surface area contributed by atoms with Crippen LogP contribution in [0.15, 0.2) is 0 Å². The predicted octanol–water partition coefficient (Wildman–Crippen LogP) is 1.56. The Kier molecular flexibility index (Phi) is 4.95. The van der Waals surface area contributed by atoms with E-state index in [1.807, 2.05) is 20.8 Å². The van der Waals surface area contributed by atoms with Crippen molar-refractivity contribution in [2.45, 2.75) is 20.8 Å². The molecule has 0 saturated carbocycles. The predicted molar refractivity (Wildman–Crippen MR) is 27.2 cm³/mol. The average Bonchev–Trinajstić information content (AvgIpc) is 1.35. The van der Waals surface area contributed by atoms with Crippen molar-refractivity contribution in [2.24, 2.45) is 5.41 Å². The molecule has 1 nitrogen and oxygen atoms in total. The van der Waals surface area contributed by atoms with Crippen molar-refractivity contribution in [3.8, 4) is 0 Å². The van der Waals surface area contributed by atoms with Crippen molar-refractivity contribution in [3.05, 3.63) is 0 Å². The summed E-state index contributed by atoms with van der Waals surface area (Å²) in [7, 11) is 0. The van der Waals surface area contributed by atoms with Crippen LogP contribution in [0.3, 0.4) is 0 Å². The Balaban J connectivity index is 0. The van der Waals surface area contributed by atoms with Gasteiger partial charge in [-0.15, -0.1) is 0 Å². The summed E-state index contributed by atoms with van der Waals surface area (Å²) >= 11 is 0. The summed E-state index contributed by atoms with van der Waals surface area (Å²) in [6.45, 7) is 5.83. The van der Waals surface area contributed by atoms with Crippen LogP contribution in [-0.4, -0.2) is 6.21 Å². The van der Waals surface area contributed by atoms with E-state index in [2.05, 4.69) is 6.21 Å². The molecule has 1 N–H and O–H groups in total. The second-order valence-electron chi connectivity index (χ2n) is 2.38. The van der Waals surface area contributed by atoms with Gasteiger partial charge in [-0.2, -0.15) is 5.41 Å². The fourth-order valence-corrected chi connectivity index (χ4v) is 0. The van der Waals surface area contributed by atoms with Crippen LogP contribution in [0, 0.1) is 10.8 Å². The maximum Gasteiger partial charge on any atom is 0 e. The molecule has 0 heterocycles. The molecule has 0 saturated heterocycles. The third-order valence-electron chi connectivity index (χ3n) is 0.375. The van der Waals surface area contributed by atoms with E-state index in [-0.39, 0.29) is 25.8 Å². The van der Waals surface area contributed by atoms with Crippen LogP contribution in [0.2, 0.25) is 0 Å². The van der Waals surface area contributed by atoms with Gasteiger partial charge in [-0.1, -0.05) is 20.8 Å². The smallest absolute Gasteiger partial charge is 0 e. The summed E-state index contributed by atoms with van der Waals surface area (Å²) < 4.78 is 0. The number of nitrogens with one attached hydrogen (secondary N) is 1. The molecule has 0 bridgehead atoms. The first-order chi connectivity index (χ1) is 2.56. The quantitative estimate of drug-likeness (QED) is 0.510. The number of hydrogen-bond acceptors (Lipinski definition) is 1. The van der Waals surface area contributed by atoms with E-state index in [4.69, 9.17) is 5.41 Å². The summed E-state index contributed by atoms with van der Waals surface area (Å²) in [5.41, 5.74) is -0.0417. The van der Waals surface area contributed by atoms with Crippen molar-refractivity contribution < 1.29 is 20.4 Å². The standard InChI is InChI=1S/C5H10N.Re/c1-5(2,3)4-6;/h6H,1-3H3;/q-1;. The van der Waals surface area contributed by atoms with E-state index >= 15 is 0 Å². The zero-order valence-electron chi connectivity index (χ0n) is 4.88. The molecular weight excluding hydrogens is 260 g/mol. The van der Waals surface area contributed by atoms with Gasteiger partial charge in [-0.25, -0.2) is 0 Å². The Morgan fingerprint density at radius 3 is 1.43 bits per heavy atom. The molecule has 0 aliphatic carbocycles. The molecule has 0 aromatic rings. The van der Waals surface area contributed by atoms with Gasteiger partial charge in [0.05, 0.1) is 0 Å². The Morgan fingerprint density at radius 1 is 1.29 bits per heavy atom. The van der Waals surface area contributed by atoms with Gasteiger partial charge in [0.25, 0.3) is 0 Å². The molecule has 2 heteroatoms. The first-order valence-electron chi connectivity index (χ1n) is 2.00. The molecule has 7 heavy (non-hydrogen) atoms. The third-order valence-corrected chi connectivity index (χ3v) is 0.375. The summed E-state index contributed by atoms with van der Waals surface area (Å²) in [5.74, 6) is 0. The minimum absolute atomic E-state index is 0. The largest absolute Gasteiger partial charge is 0.518 e. The normalized spacial score (nSPS) is 9.57. The van der Waals surface area contributed by atoms with Crippen molar-refractivity contribution >= 4 is 6.21 Å². The van der Waals surface area contributed by atoms with Crippen LogP contribution in [0.5, 0.6) is 0 Å². The zero-order valence-corrected chi connectivity index (χ0v) is 7.59. The summed E-state index contributed by atoms with van der Waals surface area (Å²) in [5, 5.41) is 6.60. The molecule has 0 aromatic heterocycles. The fourth-order valence-electron chi connectivity index (χ4n) is 0. The Morgan fingerprint density at radius 2 is 1.43 bits per heavy atom. The summed E-state index contributed by atoms with van der Waals surface area (Å²) in [6.07, 6.45) is 2.35. The van der Waals surface area contributed by atoms with Gasteiger partial charge in [-0.05, 0) is 0 Å². The van der Waals surface area contributed by atoms with Crippen LogP contribution < -0.4 is 0 Å². The van der Waals surface area contributed by atoms with Gasteiger partial charge < -0.3 is 11.6 Å². The Hall–Kier alpha value is 0.332. The molecule has 0 rings (SSSR count). The molecule has 0 aliphatic rings. The summed E-state index contributed by atoms with van der Waals surface area (Å²) in [4.78, 5) is 0. The van der Waals surface area contributed by atoms with Gasteiger partial charge in [0, 0.05) is 20.4 Å². The van der Waals surface area contributed by atoms with Gasteiger partial charge in [0.2, 0.25) is 0 Å². The number of rotatable bonds is 0. The minimum Gasteiger partial charge on any atom is -0.518 e. The SMILES string of the molecule is CC(C)(C)[C-]=N.[Re]. The monoisotopic (exact) mass is 271 g/mol. The molecule has 1 radical (unpaired) electrons. The summed E-state index contributed by atoms with van der Waals surface area (Å²) in [6, 6.07) is 0. The van der Waals surface area contributed by atoms with Crippen molar-refractivity contribution in [1.82, 2.24) is 0 Å². The molecule has 43 valence electrons. The van der Waals surface area contributed by atoms with Gasteiger partial charge in [0.15, 0.2) is 0 Å². The van der Waals surface area contributed by atoms with Crippen LogP contribution in [-0.2, 0) is 20.4 Å². The van der Waals surface area contributed by atoms with Crippen LogP contribution in [0.4, 0.5) is 0 Å². The van der Waals surface area contributed by atoms with E-state index in [0.717, 1.165) is 0 Å². The molecule has 0 spiro atoms. The molecule has 0 amide bonds. The second kappa shape index (κ2) is 3.35. The molecule has 0 unspecified atom stereocenters. The maximum atomic E-state index is 6.60. The maximum absolute atomic E-state index is 6.60. The van der Waals surface area contributed by atoms with Gasteiger partial charge >= 0.3 is 0 Å². The minimum atomic E-state index is -0.0417. The van der Waals surface area contributed by atoms with E-state index in [1.54, 1.807) is 0 Å². The first-order valence-corrected chi connectivity index (χ1v) is 2.00. The first kappa shape index (κ1) is 10.3. The third kappa shape index (κ3) is 10.7. The van der Waals surface area contributed by atoms with Crippen LogP contribution in [0.1, 0.15) is 20.8 Å². The van der Waals surface area contributed by atoms with Crippen LogP contribution in [0.25, 0.3) is 0 Å². The topological polar surface area (TPSA) is 23.9 Å². The zero-order chi connectivity index (χ0) is 5.21. The van der Waals surface area contributed by atoms with Crippen molar-refractivity contribution in [1.29, 1.82) is 5.41 Å². The number of hydrogen-bond donors (Lipinski definition) is 1. The molecule has 0 aromatic carbocycles. The van der Waals surface area contributed by atoms with E-state index < -0.39 is 0 Å². The van der Waals surface area contributed by atoms with Gasteiger partial charge in [-0.3, -0.25) is 0 Å². The fraction of sp³-hybridized carbons (Fsp3) is 0.800. The van der Waals surface area contributed by atoms with Crippen molar-refractivity contribution in [2.75, 3.05) is 0 Å². The Bertz CT molecular complexity index is 53.6. The average molecular weight is 270 g/mol. The molecule has 0 aliphatic heterocycles. The molecule has 0 fully saturated rings. The van der Waals surface area contributed by atoms with Crippen molar-refractivity contribution in [3.63, 3.8) is 0 Å². The Labute approximate surface area is 58.7 Å². The second-order valence-corrected chi connectivity index (χ2v) is 2.38. The van der Waals surface area contributed by atoms with Crippen LogP contribution >= 0.6 is 0 Å². The van der Waals surface area contributed by atoms with Gasteiger partial charge in [0.1, 0.15) is 0 Å². The van der Waals surface area contributed by atoms with E-state index in [9.17, 15) is 0 Å². The molecular formula is C5H10NRe-. The molecule has 0 atom stereocenters. The van der Waals surface area contributed by atoms with E-state index in [0.29, 0.717) is 0 Å².